The number of hydrogen-bond acceptors (Lipinski definition) is 1. The summed E-state index contributed by atoms with van der Waals surface area (Å²) >= 11 is 5.77. The van der Waals surface area contributed by atoms with E-state index in [-0.39, 0.29) is 11.1 Å². The fourth-order valence-corrected chi connectivity index (χ4v) is 1.97. The number of alkyl halides is 3. The van der Waals surface area contributed by atoms with E-state index in [0.29, 0.717) is 5.56 Å². The standard InChI is InChI=1S/C12H6ClF3N2/c13-11-8(9-6-18-5-7(9)4-17)2-1-3-10(11)12(14,15)16/h1-3,5-6,18H. The van der Waals surface area contributed by atoms with Crippen LogP contribution in [0.2, 0.25) is 5.02 Å². The van der Waals surface area contributed by atoms with Crippen LogP contribution in [0.25, 0.3) is 11.1 Å². The quantitative estimate of drug-likeness (QED) is 0.828. The van der Waals surface area contributed by atoms with Gasteiger partial charge in [0.2, 0.25) is 0 Å². The number of nitrogens with zero attached hydrogens (tertiary/aromatic N) is 1. The van der Waals surface area contributed by atoms with Crippen LogP contribution >= 0.6 is 11.6 Å². The van der Waals surface area contributed by atoms with Gasteiger partial charge in [-0.05, 0) is 6.07 Å². The molecule has 0 spiro atoms. The van der Waals surface area contributed by atoms with Crippen molar-refractivity contribution in [1.29, 1.82) is 5.26 Å². The first-order chi connectivity index (χ1) is 8.45. The molecule has 6 heteroatoms. The molecule has 0 radical (unpaired) electrons. The minimum Gasteiger partial charge on any atom is -0.366 e. The molecule has 0 atom stereocenters. The van der Waals surface area contributed by atoms with Crippen LogP contribution in [0.4, 0.5) is 13.2 Å². The van der Waals surface area contributed by atoms with Crippen LogP contribution in [0.15, 0.2) is 30.6 Å². The summed E-state index contributed by atoms with van der Waals surface area (Å²) < 4.78 is 38.1. The lowest BCUT2D eigenvalue weighted by Crippen LogP contribution is -2.06. The van der Waals surface area contributed by atoms with Crippen LogP contribution in [-0.2, 0) is 6.18 Å². The average molecular weight is 271 g/mol. The van der Waals surface area contributed by atoms with E-state index in [4.69, 9.17) is 16.9 Å². The summed E-state index contributed by atoms with van der Waals surface area (Å²) in [6.07, 6.45) is -1.66. The van der Waals surface area contributed by atoms with E-state index >= 15 is 0 Å². The number of aromatic nitrogens is 1. The minimum absolute atomic E-state index is 0.185. The van der Waals surface area contributed by atoms with Crippen LogP contribution in [-0.4, -0.2) is 4.98 Å². The largest absolute Gasteiger partial charge is 0.417 e. The molecule has 2 aromatic rings. The first-order valence-electron chi connectivity index (χ1n) is 4.88. The molecule has 0 saturated carbocycles. The number of H-pyrrole nitrogens is 1. The van der Waals surface area contributed by atoms with E-state index in [9.17, 15) is 13.2 Å². The molecule has 1 aromatic heterocycles. The fourth-order valence-electron chi connectivity index (χ4n) is 1.64. The van der Waals surface area contributed by atoms with Crippen molar-refractivity contribution in [3.8, 4) is 17.2 Å². The van der Waals surface area contributed by atoms with Gasteiger partial charge >= 0.3 is 6.18 Å². The Labute approximate surface area is 106 Å². The van der Waals surface area contributed by atoms with Gasteiger partial charge in [0.25, 0.3) is 0 Å². The number of hydrogen-bond donors (Lipinski definition) is 1. The van der Waals surface area contributed by atoms with Gasteiger partial charge in [0.1, 0.15) is 6.07 Å². The van der Waals surface area contributed by atoms with Crippen LogP contribution in [0.3, 0.4) is 0 Å². The molecule has 92 valence electrons. The minimum atomic E-state index is -4.52. The lowest BCUT2D eigenvalue weighted by Gasteiger charge is -2.11. The Balaban J connectivity index is 2.65. The van der Waals surface area contributed by atoms with Crippen LogP contribution in [0, 0.1) is 11.3 Å². The number of rotatable bonds is 1. The topological polar surface area (TPSA) is 39.6 Å². The second-order valence-electron chi connectivity index (χ2n) is 3.56. The Hall–Kier alpha value is -1.93. The molecular weight excluding hydrogens is 265 g/mol. The molecule has 2 nitrogen and oxygen atoms in total. The predicted molar refractivity (Wildman–Crippen MR) is 61.0 cm³/mol. The lowest BCUT2D eigenvalue weighted by atomic mass is 10.0. The van der Waals surface area contributed by atoms with Crippen LogP contribution in [0.5, 0.6) is 0 Å². The molecule has 0 unspecified atom stereocenters. The van der Waals surface area contributed by atoms with E-state index < -0.39 is 16.8 Å². The highest BCUT2D eigenvalue weighted by Crippen LogP contribution is 2.40. The molecule has 18 heavy (non-hydrogen) atoms. The summed E-state index contributed by atoms with van der Waals surface area (Å²) in [5.74, 6) is 0. The fraction of sp³-hybridized carbons (Fsp3) is 0.0833. The zero-order chi connectivity index (χ0) is 13.3. The van der Waals surface area contributed by atoms with Gasteiger partial charge in [-0.1, -0.05) is 23.7 Å². The third kappa shape index (κ3) is 2.07. The Bertz CT molecular complexity index is 623. The van der Waals surface area contributed by atoms with Crippen LogP contribution in [0.1, 0.15) is 11.1 Å². The normalized spacial score (nSPS) is 11.3. The molecule has 0 aliphatic carbocycles. The average Bonchev–Trinajstić information content (AvgIpc) is 2.75. The zero-order valence-electron chi connectivity index (χ0n) is 8.85. The second-order valence-corrected chi connectivity index (χ2v) is 3.94. The van der Waals surface area contributed by atoms with E-state index in [1.54, 1.807) is 0 Å². The molecule has 0 aliphatic heterocycles. The predicted octanol–water partition coefficient (Wildman–Crippen LogP) is 4.23. The lowest BCUT2D eigenvalue weighted by molar-refractivity contribution is -0.137. The summed E-state index contributed by atoms with van der Waals surface area (Å²) in [5.41, 5.74) is -0.124. The summed E-state index contributed by atoms with van der Waals surface area (Å²) in [6, 6.07) is 5.50. The zero-order valence-corrected chi connectivity index (χ0v) is 9.60. The summed E-state index contributed by atoms with van der Waals surface area (Å²) in [6.45, 7) is 0. The number of nitrogens with one attached hydrogen (secondary N) is 1. The third-order valence-corrected chi connectivity index (χ3v) is 2.87. The van der Waals surface area contributed by atoms with E-state index in [2.05, 4.69) is 4.98 Å². The highest BCUT2D eigenvalue weighted by Gasteiger charge is 2.34. The molecule has 2 rings (SSSR count). The van der Waals surface area contributed by atoms with E-state index in [1.165, 1.54) is 24.5 Å². The highest BCUT2D eigenvalue weighted by atomic mass is 35.5. The molecule has 0 saturated heterocycles. The molecule has 0 bridgehead atoms. The van der Waals surface area contributed by atoms with E-state index in [0.717, 1.165) is 6.07 Å². The first-order valence-corrected chi connectivity index (χ1v) is 5.26. The molecule has 0 amide bonds. The maximum absolute atomic E-state index is 12.7. The Kier molecular flexibility index (Phi) is 3.05. The van der Waals surface area contributed by atoms with Gasteiger partial charge in [0.05, 0.1) is 16.1 Å². The van der Waals surface area contributed by atoms with Crippen molar-refractivity contribution in [2.45, 2.75) is 6.18 Å². The van der Waals surface area contributed by atoms with Gasteiger partial charge < -0.3 is 4.98 Å². The van der Waals surface area contributed by atoms with Gasteiger partial charge in [-0.25, -0.2) is 0 Å². The number of aromatic amines is 1. The number of halogens is 4. The van der Waals surface area contributed by atoms with Crippen molar-refractivity contribution in [3.63, 3.8) is 0 Å². The van der Waals surface area contributed by atoms with Crippen molar-refractivity contribution in [2.75, 3.05) is 0 Å². The molecule has 0 aliphatic rings. The Morgan fingerprint density at radius 1 is 1.17 bits per heavy atom. The summed E-state index contributed by atoms with van der Waals surface area (Å²) in [7, 11) is 0. The Morgan fingerprint density at radius 3 is 2.50 bits per heavy atom. The molecule has 0 fully saturated rings. The molecule has 1 heterocycles. The van der Waals surface area contributed by atoms with Gasteiger partial charge in [-0.2, -0.15) is 18.4 Å². The maximum atomic E-state index is 12.7. The van der Waals surface area contributed by atoms with Gasteiger partial charge in [0, 0.05) is 23.5 Å². The van der Waals surface area contributed by atoms with E-state index in [1.807, 2.05) is 6.07 Å². The molecule has 1 aromatic carbocycles. The van der Waals surface area contributed by atoms with Crippen molar-refractivity contribution in [3.05, 3.63) is 46.7 Å². The van der Waals surface area contributed by atoms with Crippen molar-refractivity contribution >= 4 is 11.6 Å². The number of nitriles is 1. The monoisotopic (exact) mass is 270 g/mol. The number of benzene rings is 1. The van der Waals surface area contributed by atoms with Gasteiger partial charge in [-0.3, -0.25) is 0 Å². The van der Waals surface area contributed by atoms with Gasteiger partial charge in [0.15, 0.2) is 0 Å². The van der Waals surface area contributed by atoms with Gasteiger partial charge in [-0.15, -0.1) is 0 Å². The van der Waals surface area contributed by atoms with Crippen molar-refractivity contribution < 1.29 is 13.2 Å². The maximum Gasteiger partial charge on any atom is 0.417 e. The van der Waals surface area contributed by atoms with Crippen LogP contribution < -0.4 is 0 Å². The highest BCUT2D eigenvalue weighted by molar-refractivity contribution is 6.34. The second kappa shape index (κ2) is 4.39. The first kappa shape index (κ1) is 12.5. The summed E-state index contributed by atoms with van der Waals surface area (Å²) in [4.78, 5) is 2.67. The summed E-state index contributed by atoms with van der Waals surface area (Å²) in [5, 5.41) is 8.45. The van der Waals surface area contributed by atoms with Crippen molar-refractivity contribution in [2.24, 2.45) is 0 Å². The molecule has 1 N–H and O–H groups in total. The molecular formula is C12H6ClF3N2. The SMILES string of the molecule is N#Cc1c[nH]cc1-c1cccc(C(F)(F)F)c1Cl. The van der Waals surface area contributed by atoms with Crippen molar-refractivity contribution in [1.82, 2.24) is 4.98 Å². The Morgan fingerprint density at radius 2 is 1.89 bits per heavy atom. The third-order valence-electron chi connectivity index (χ3n) is 2.46. The smallest absolute Gasteiger partial charge is 0.366 e.